The average molecular weight is 630 g/mol. The molecule has 3 aromatic heterocycles. The van der Waals surface area contributed by atoms with Crippen LogP contribution in [0.5, 0.6) is 0 Å². The molecule has 0 saturated carbocycles. The fraction of sp³-hybridized carbons (Fsp3) is 0. The first-order chi connectivity index (χ1) is 23.8. The molecule has 0 aliphatic rings. The highest BCUT2D eigenvalue weighted by Gasteiger charge is 2.17. The molecule has 0 amide bonds. The summed E-state index contributed by atoms with van der Waals surface area (Å²) in [7, 11) is 0. The Balaban J connectivity index is 1.23. The summed E-state index contributed by atoms with van der Waals surface area (Å²) in [6, 6.07) is 58.4. The van der Waals surface area contributed by atoms with E-state index in [1.54, 1.807) is 0 Å². The molecule has 3 nitrogen and oxygen atoms in total. The minimum absolute atomic E-state index is 0.723. The van der Waals surface area contributed by atoms with E-state index in [1.807, 2.05) is 17.4 Å². The molecule has 3 heterocycles. The van der Waals surface area contributed by atoms with Crippen LogP contribution in [0.25, 0.3) is 92.2 Å². The number of hydrogen-bond donors (Lipinski definition) is 0. The van der Waals surface area contributed by atoms with Gasteiger partial charge in [0, 0.05) is 42.8 Å². The van der Waals surface area contributed by atoms with Crippen molar-refractivity contribution in [3.63, 3.8) is 0 Å². The monoisotopic (exact) mass is 629 g/mol. The van der Waals surface area contributed by atoms with E-state index in [9.17, 15) is 0 Å². The van der Waals surface area contributed by atoms with E-state index in [0.29, 0.717) is 0 Å². The first-order valence-electron chi connectivity index (χ1n) is 16.2. The number of para-hydroxylation sites is 3. The second-order valence-corrected chi connectivity index (χ2v) is 13.3. The Hall–Kier alpha value is -6.10. The van der Waals surface area contributed by atoms with E-state index in [2.05, 4.69) is 162 Å². The predicted octanol–water partition coefficient (Wildman–Crippen LogP) is 12.1. The molecule has 10 aromatic rings. The molecule has 0 radical (unpaired) electrons. The van der Waals surface area contributed by atoms with Crippen LogP contribution in [-0.4, -0.2) is 14.4 Å². The van der Waals surface area contributed by atoms with Crippen molar-refractivity contribution >= 4 is 69.7 Å². The lowest BCUT2D eigenvalue weighted by atomic mass is 10.0. The van der Waals surface area contributed by atoms with Crippen LogP contribution in [0.1, 0.15) is 0 Å². The van der Waals surface area contributed by atoms with Gasteiger partial charge in [0.25, 0.3) is 0 Å². The molecular formula is C44H27N3S. The van der Waals surface area contributed by atoms with Crippen molar-refractivity contribution in [3.05, 3.63) is 164 Å². The highest BCUT2D eigenvalue weighted by Crippen LogP contribution is 2.39. The Morgan fingerprint density at radius 2 is 1.02 bits per heavy atom. The smallest absolute Gasteiger partial charge is 0.160 e. The van der Waals surface area contributed by atoms with E-state index >= 15 is 0 Å². The third-order valence-electron chi connectivity index (χ3n) is 9.42. The first-order valence-corrected chi connectivity index (χ1v) is 17.0. The van der Waals surface area contributed by atoms with Gasteiger partial charge in [0.1, 0.15) is 0 Å². The van der Waals surface area contributed by atoms with Gasteiger partial charge in [-0.3, -0.25) is 0 Å². The van der Waals surface area contributed by atoms with E-state index in [4.69, 9.17) is 9.97 Å². The van der Waals surface area contributed by atoms with Gasteiger partial charge in [-0.1, -0.05) is 121 Å². The van der Waals surface area contributed by atoms with Crippen LogP contribution in [0.4, 0.5) is 0 Å². The van der Waals surface area contributed by atoms with Crippen LogP contribution in [0.2, 0.25) is 0 Å². The van der Waals surface area contributed by atoms with Crippen LogP contribution < -0.4 is 0 Å². The zero-order valence-corrected chi connectivity index (χ0v) is 26.7. The zero-order chi connectivity index (χ0) is 31.6. The van der Waals surface area contributed by atoms with E-state index in [-0.39, 0.29) is 0 Å². The number of nitrogens with zero attached hydrogens (tertiary/aromatic N) is 3. The molecule has 4 heteroatoms. The van der Waals surface area contributed by atoms with Crippen molar-refractivity contribution in [3.8, 4) is 33.8 Å². The summed E-state index contributed by atoms with van der Waals surface area (Å²) in [6.45, 7) is 0. The molecule has 0 unspecified atom stereocenters. The molecule has 0 atom stereocenters. The van der Waals surface area contributed by atoms with Crippen LogP contribution in [0, 0.1) is 0 Å². The minimum atomic E-state index is 0.723. The lowest BCUT2D eigenvalue weighted by Gasteiger charge is -2.10. The quantitative estimate of drug-likeness (QED) is 0.195. The maximum Gasteiger partial charge on any atom is 0.160 e. The Labute approximate surface area is 280 Å². The number of rotatable bonds is 3. The number of fused-ring (bicyclic) bond motifs is 8. The van der Waals surface area contributed by atoms with Gasteiger partial charge in [0.15, 0.2) is 5.82 Å². The van der Waals surface area contributed by atoms with Gasteiger partial charge in [0.05, 0.1) is 32.5 Å². The largest absolute Gasteiger partial charge is 0.307 e. The molecule has 0 bridgehead atoms. The van der Waals surface area contributed by atoms with Gasteiger partial charge in [-0.05, 0) is 53.6 Å². The molecule has 0 aliphatic carbocycles. The predicted molar refractivity (Wildman–Crippen MR) is 204 cm³/mol. The van der Waals surface area contributed by atoms with Crippen LogP contribution >= 0.6 is 11.3 Å². The lowest BCUT2D eigenvalue weighted by Crippen LogP contribution is -1.95. The van der Waals surface area contributed by atoms with Gasteiger partial charge in [-0.15, -0.1) is 11.3 Å². The molecule has 48 heavy (non-hydrogen) atoms. The van der Waals surface area contributed by atoms with Crippen LogP contribution in [-0.2, 0) is 0 Å². The standard InChI is InChI=1S/C44H27N3S/c1-2-11-28(12-3-1)29-21-23-30(24-22-29)42-35-14-4-6-17-37(35)45-44(46-42)31-25-26-38-36(27-31)34-16-10-15-33-32-13-5-8-19-40(32)48-41-20-9-7-18-39(41)47(38)43(33)34/h1-27H. The van der Waals surface area contributed by atoms with Gasteiger partial charge < -0.3 is 4.40 Å². The molecule has 7 aromatic carbocycles. The molecule has 0 spiro atoms. The summed E-state index contributed by atoms with van der Waals surface area (Å²) in [4.78, 5) is 10.4. The summed E-state index contributed by atoms with van der Waals surface area (Å²) < 4.78 is 4.95. The Morgan fingerprint density at radius 3 is 1.88 bits per heavy atom. The number of aromatic nitrogens is 3. The highest BCUT2D eigenvalue weighted by molar-refractivity contribution is 7.24. The Morgan fingerprint density at radius 1 is 0.396 bits per heavy atom. The molecule has 0 aliphatic heterocycles. The third-order valence-corrected chi connectivity index (χ3v) is 10.6. The van der Waals surface area contributed by atoms with Gasteiger partial charge in [0.2, 0.25) is 0 Å². The SMILES string of the molecule is c1ccc(-c2ccc(-c3nc(-c4ccc5c(c4)c4cccc6c7ccccc7sc7ccccc7n5c64)nc4ccccc34)cc2)cc1. The Kier molecular flexibility index (Phi) is 6.05. The third kappa shape index (κ3) is 4.20. The zero-order valence-electron chi connectivity index (χ0n) is 25.8. The van der Waals surface area contributed by atoms with Crippen molar-refractivity contribution in [2.24, 2.45) is 0 Å². The van der Waals surface area contributed by atoms with E-state index < -0.39 is 0 Å². The summed E-state index contributed by atoms with van der Waals surface area (Å²) in [5, 5.41) is 5.95. The maximum atomic E-state index is 5.26. The normalized spacial score (nSPS) is 11.8. The molecule has 0 saturated heterocycles. The van der Waals surface area contributed by atoms with Crippen LogP contribution in [0.3, 0.4) is 0 Å². The molecular weight excluding hydrogens is 603 g/mol. The minimum Gasteiger partial charge on any atom is -0.307 e. The van der Waals surface area contributed by atoms with E-state index in [1.165, 1.54) is 58.6 Å². The van der Waals surface area contributed by atoms with Gasteiger partial charge in [-0.2, -0.15) is 0 Å². The van der Waals surface area contributed by atoms with Crippen LogP contribution in [0.15, 0.2) is 164 Å². The molecule has 10 rings (SSSR count). The second-order valence-electron chi connectivity index (χ2n) is 12.2. The van der Waals surface area contributed by atoms with Crippen molar-refractivity contribution in [1.82, 2.24) is 14.4 Å². The van der Waals surface area contributed by atoms with Crippen molar-refractivity contribution in [1.29, 1.82) is 0 Å². The summed E-state index contributed by atoms with van der Waals surface area (Å²) in [5.41, 5.74) is 9.92. The summed E-state index contributed by atoms with van der Waals surface area (Å²) in [5.74, 6) is 0.723. The van der Waals surface area contributed by atoms with Crippen molar-refractivity contribution in [2.45, 2.75) is 0 Å². The summed E-state index contributed by atoms with van der Waals surface area (Å²) >= 11 is 1.84. The van der Waals surface area contributed by atoms with Crippen molar-refractivity contribution in [2.75, 3.05) is 0 Å². The van der Waals surface area contributed by atoms with E-state index in [0.717, 1.165) is 33.5 Å². The Bertz CT molecular complexity index is 2880. The topological polar surface area (TPSA) is 30.2 Å². The second kappa shape index (κ2) is 10.7. The van der Waals surface area contributed by atoms with Crippen molar-refractivity contribution < 1.29 is 0 Å². The summed E-state index contributed by atoms with van der Waals surface area (Å²) in [6.07, 6.45) is 0. The number of benzene rings is 7. The molecule has 0 N–H and O–H groups in total. The molecule has 0 fully saturated rings. The van der Waals surface area contributed by atoms with Gasteiger partial charge >= 0.3 is 0 Å². The maximum absolute atomic E-state index is 5.26. The first kappa shape index (κ1) is 27.1. The number of hydrogen-bond acceptors (Lipinski definition) is 3. The average Bonchev–Trinajstić information content (AvgIpc) is 3.48. The lowest BCUT2D eigenvalue weighted by molar-refractivity contribution is 1.23. The van der Waals surface area contributed by atoms with Gasteiger partial charge in [-0.25, -0.2) is 9.97 Å². The highest BCUT2D eigenvalue weighted by atomic mass is 32.1. The molecule has 224 valence electrons. The fourth-order valence-corrected chi connectivity index (χ4v) is 8.26. The fourth-order valence-electron chi connectivity index (χ4n) is 7.18.